The van der Waals surface area contributed by atoms with E-state index in [0.717, 1.165) is 37.2 Å². The van der Waals surface area contributed by atoms with Crippen molar-refractivity contribution in [3.63, 3.8) is 0 Å². The lowest BCUT2D eigenvalue weighted by Crippen LogP contribution is -2.15. The predicted octanol–water partition coefficient (Wildman–Crippen LogP) is 3.39. The molecule has 2 rings (SSSR count). The molecular formula is C15H21F2N3. The zero-order valence-electron chi connectivity index (χ0n) is 11.9. The molecule has 0 saturated carbocycles. The number of benzene rings is 1. The van der Waals surface area contributed by atoms with E-state index in [0.29, 0.717) is 29.4 Å². The number of H-pyrrole nitrogens is 1. The highest BCUT2D eigenvalue weighted by Gasteiger charge is 2.14. The molecule has 0 bridgehead atoms. The number of hydrogen-bond acceptors (Lipinski definition) is 2. The van der Waals surface area contributed by atoms with E-state index in [1.807, 2.05) is 0 Å². The van der Waals surface area contributed by atoms with Gasteiger partial charge in [-0.3, -0.25) is 0 Å². The molecule has 0 aliphatic rings. The first-order valence-corrected chi connectivity index (χ1v) is 7.05. The zero-order chi connectivity index (χ0) is 14.7. The summed E-state index contributed by atoms with van der Waals surface area (Å²) in [7, 11) is 0. The fraction of sp³-hybridized carbons (Fsp3) is 0.533. The smallest absolute Gasteiger partial charge is 0.161 e. The molecule has 3 nitrogen and oxygen atoms in total. The molecule has 1 unspecified atom stereocenters. The van der Waals surface area contributed by atoms with Crippen molar-refractivity contribution in [2.45, 2.75) is 33.1 Å². The molecule has 0 spiro atoms. The summed E-state index contributed by atoms with van der Waals surface area (Å²) in [6, 6.07) is 2.28. The van der Waals surface area contributed by atoms with Crippen molar-refractivity contribution in [3.8, 4) is 0 Å². The summed E-state index contributed by atoms with van der Waals surface area (Å²) in [5.74, 6) is 0.168. The van der Waals surface area contributed by atoms with Crippen LogP contribution in [0.1, 0.15) is 32.5 Å². The zero-order valence-corrected chi connectivity index (χ0v) is 11.9. The third kappa shape index (κ3) is 3.33. The Labute approximate surface area is 117 Å². The van der Waals surface area contributed by atoms with Crippen molar-refractivity contribution in [1.82, 2.24) is 9.97 Å². The van der Waals surface area contributed by atoms with Crippen molar-refractivity contribution in [2.75, 3.05) is 6.54 Å². The van der Waals surface area contributed by atoms with E-state index >= 15 is 0 Å². The Morgan fingerprint density at radius 3 is 2.55 bits per heavy atom. The molecule has 0 fully saturated rings. The lowest BCUT2D eigenvalue weighted by molar-refractivity contribution is 0.339. The van der Waals surface area contributed by atoms with Gasteiger partial charge in [0, 0.05) is 18.6 Å². The number of fused-ring (bicyclic) bond motifs is 1. The molecule has 1 aromatic carbocycles. The average Bonchev–Trinajstić information content (AvgIpc) is 2.76. The summed E-state index contributed by atoms with van der Waals surface area (Å²) in [4.78, 5) is 7.36. The van der Waals surface area contributed by atoms with Crippen LogP contribution in [0, 0.1) is 23.5 Å². The third-order valence-electron chi connectivity index (χ3n) is 3.81. The Bertz CT molecular complexity index is 539. The molecule has 0 radical (unpaired) electrons. The molecule has 110 valence electrons. The lowest BCUT2D eigenvalue weighted by Gasteiger charge is -2.19. The molecule has 0 saturated heterocycles. The van der Waals surface area contributed by atoms with Crippen LogP contribution in [-0.2, 0) is 6.42 Å². The maximum absolute atomic E-state index is 13.1. The van der Waals surface area contributed by atoms with E-state index in [4.69, 9.17) is 5.73 Å². The van der Waals surface area contributed by atoms with Gasteiger partial charge in [-0.2, -0.15) is 0 Å². The van der Waals surface area contributed by atoms with Crippen molar-refractivity contribution in [1.29, 1.82) is 0 Å². The summed E-state index contributed by atoms with van der Waals surface area (Å²) < 4.78 is 26.3. The van der Waals surface area contributed by atoms with Crippen molar-refractivity contribution < 1.29 is 8.78 Å². The minimum atomic E-state index is -0.862. The van der Waals surface area contributed by atoms with Gasteiger partial charge in [-0.15, -0.1) is 0 Å². The number of rotatable bonds is 6. The second kappa shape index (κ2) is 6.31. The molecule has 2 aromatic rings. The highest BCUT2D eigenvalue weighted by atomic mass is 19.2. The van der Waals surface area contributed by atoms with E-state index < -0.39 is 11.6 Å². The van der Waals surface area contributed by atoms with E-state index in [1.54, 1.807) is 0 Å². The van der Waals surface area contributed by atoms with Gasteiger partial charge in [0.1, 0.15) is 5.82 Å². The van der Waals surface area contributed by atoms with E-state index in [-0.39, 0.29) is 0 Å². The highest BCUT2D eigenvalue weighted by molar-refractivity contribution is 5.75. The summed E-state index contributed by atoms with van der Waals surface area (Å²) >= 11 is 0. The molecule has 5 heteroatoms. The predicted molar refractivity (Wildman–Crippen MR) is 76.3 cm³/mol. The van der Waals surface area contributed by atoms with Gasteiger partial charge in [-0.25, -0.2) is 13.8 Å². The number of halogens is 2. The fourth-order valence-electron chi connectivity index (χ4n) is 2.52. The summed E-state index contributed by atoms with van der Waals surface area (Å²) in [5.41, 5.74) is 6.64. The first-order chi connectivity index (χ1) is 9.51. The van der Waals surface area contributed by atoms with Crippen LogP contribution in [0.2, 0.25) is 0 Å². The SMILES string of the molecule is CC(C)C(CCN)CCc1nc2cc(F)c(F)cc2[nH]1. The van der Waals surface area contributed by atoms with Gasteiger partial charge in [0.15, 0.2) is 11.6 Å². The quantitative estimate of drug-likeness (QED) is 0.852. The second-order valence-electron chi connectivity index (χ2n) is 5.59. The molecule has 0 aliphatic heterocycles. The molecule has 0 amide bonds. The third-order valence-corrected chi connectivity index (χ3v) is 3.81. The van der Waals surface area contributed by atoms with Gasteiger partial charge in [0.25, 0.3) is 0 Å². The van der Waals surface area contributed by atoms with Gasteiger partial charge in [-0.1, -0.05) is 13.8 Å². The van der Waals surface area contributed by atoms with Crippen LogP contribution >= 0.6 is 0 Å². The van der Waals surface area contributed by atoms with Gasteiger partial charge in [0.05, 0.1) is 11.0 Å². The Hall–Kier alpha value is -1.49. The maximum atomic E-state index is 13.1. The van der Waals surface area contributed by atoms with Crippen LogP contribution in [0.15, 0.2) is 12.1 Å². The van der Waals surface area contributed by atoms with Crippen molar-refractivity contribution in [3.05, 3.63) is 29.6 Å². The Morgan fingerprint density at radius 1 is 1.20 bits per heavy atom. The van der Waals surface area contributed by atoms with Crippen LogP contribution < -0.4 is 5.73 Å². The largest absolute Gasteiger partial charge is 0.342 e. The van der Waals surface area contributed by atoms with Crippen LogP contribution in [-0.4, -0.2) is 16.5 Å². The first kappa shape index (κ1) is 14.9. The number of aryl methyl sites for hydroxylation is 1. The number of nitrogens with two attached hydrogens (primary N) is 1. The maximum Gasteiger partial charge on any atom is 0.161 e. The molecule has 1 atom stereocenters. The monoisotopic (exact) mass is 281 g/mol. The highest BCUT2D eigenvalue weighted by Crippen LogP contribution is 2.22. The summed E-state index contributed by atoms with van der Waals surface area (Å²) in [6.45, 7) is 5.05. The van der Waals surface area contributed by atoms with Gasteiger partial charge >= 0.3 is 0 Å². The van der Waals surface area contributed by atoms with Gasteiger partial charge in [-0.05, 0) is 31.2 Å². The molecule has 20 heavy (non-hydrogen) atoms. The molecule has 1 heterocycles. The van der Waals surface area contributed by atoms with E-state index in [9.17, 15) is 8.78 Å². The number of nitrogens with zero attached hydrogens (tertiary/aromatic N) is 1. The van der Waals surface area contributed by atoms with Crippen LogP contribution in [0.3, 0.4) is 0 Å². The molecule has 0 aliphatic carbocycles. The Balaban J connectivity index is 2.10. The summed E-state index contributed by atoms with van der Waals surface area (Å²) in [6.07, 6.45) is 2.72. The Kier molecular flexibility index (Phi) is 4.70. The number of aromatic amines is 1. The first-order valence-electron chi connectivity index (χ1n) is 7.05. The van der Waals surface area contributed by atoms with E-state index in [2.05, 4.69) is 23.8 Å². The molecular weight excluding hydrogens is 260 g/mol. The standard InChI is InChI=1S/C15H21F2N3/c1-9(2)10(5-6-18)3-4-15-19-13-7-11(16)12(17)8-14(13)20-15/h7-10H,3-6,18H2,1-2H3,(H,19,20). The number of hydrogen-bond donors (Lipinski definition) is 2. The average molecular weight is 281 g/mol. The lowest BCUT2D eigenvalue weighted by atomic mass is 9.88. The molecule has 1 aromatic heterocycles. The van der Waals surface area contributed by atoms with Crippen LogP contribution in [0.4, 0.5) is 8.78 Å². The minimum Gasteiger partial charge on any atom is -0.342 e. The summed E-state index contributed by atoms with van der Waals surface area (Å²) in [5, 5.41) is 0. The topological polar surface area (TPSA) is 54.7 Å². The fourth-order valence-corrected chi connectivity index (χ4v) is 2.52. The van der Waals surface area contributed by atoms with E-state index in [1.165, 1.54) is 0 Å². The van der Waals surface area contributed by atoms with Crippen LogP contribution in [0.5, 0.6) is 0 Å². The van der Waals surface area contributed by atoms with Gasteiger partial charge in [0.2, 0.25) is 0 Å². The van der Waals surface area contributed by atoms with Gasteiger partial charge < -0.3 is 10.7 Å². The molecule has 3 N–H and O–H groups in total. The number of imidazole rings is 1. The number of nitrogens with one attached hydrogen (secondary N) is 1. The van der Waals surface area contributed by atoms with Crippen molar-refractivity contribution >= 4 is 11.0 Å². The van der Waals surface area contributed by atoms with Crippen molar-refractivity contribution in [2.24, 2.45) is 17.6 Å². The second-order valence-corrected chi connectivity index (χ2v) is 5.59. The Morgan fingerprint density at radius 2 is 1.90 bits per heavy atom. The minimum absolute atomic E-state index is 0.471. The number of aromatic nitrogens is 2. The van der Waals surface area contributed by atoms with Crippen LogP contribution in [0.25, 0.3) is 11.0 Å². The normalized spacial score (nSPS) is 13.3.